The van der Waals surface area contributed by atoms with E-state index in [1.807, 2.05) is 32.9 Å². The number of ether oxygens (including phenoxy) is 2. The number of rotatable bonds is 6. The van der Waals surface area contributed by atoms with Gasteiger partial charge in [-0.3, -0.25) is 14.4 Å². The van der Waals surface area contributed by atoms with E-state index in [0.29, 0.717) is 5.56 Å². The molecule has 3 fully saturated rings. The van der Waals surface area contributed by atoms with Crippen molar-refractivity contribution in [1.29, 1.82) is 0 Å². The van der Waals surface area contributed by atoms with Gasteiger partial charge in [-0.15, -0.1) is 0 Å². The fourth-order valence-corrected chi connectivity index (χ4v) is 10.5. The number of aliphatic hydroxyl groups is 1. The Morgan fingerprint density at radius 2 is 1.73 bits per heavy atom. The molecule has 10 heteroatoms. The molecule has 0 unspecified atom stereocenters. The molecular weight excluding hydrogens is 602 g/mol. The summed E-state index contributed by atoms with van der Waals surface area (Å²) < 4.78 is 44.7. The first-order valence-electron chi connectivity index (χ1n) is 15.6. The van der Waals surface area contributed by atoms with Crippen molar-refractivity contribution in [3.63, 3.8) is 0 Å². The van der Waals surface area contributed by atoms with Gasteiger partial charge in [0.05, 0.1) is 18.5 Å². The van der Waals surface area contributed by atoms with Crippen molar-refractivity contribution < 1.29 is 42.5 Å². The first-order chi connectivity index (χ1) is 21.0. The van der Waals surface area contributed by atoms with Gasteiger partial charge < -0.3 is 14.6 Å². The van der Waals surface area contributed by atoms with Gasteiger partial charge in [0.15, 0.2) is 22.8 Å². The molecule has 3 saturated carbocycles. The van der Waals surface area contributed by atoms with Gasteiger partial charge in [0.1, 0.15) is 6.17 Å². The number of fused-ring (bicyclic) bond motifs is 5. The number of Topliss-reactive ketones (excluding diaryl/α,β-unsaturated/α-hetero) is 1. The number of halogens is 2. The zero-order valence-corrected chi connectivity index (χ0v) is 27.7. The van der Waals surface area contributed by atoms with Crippen molar-refractivity contribution in [2.45, 2.75) is 91.3 Å². The molecule has 1 aromatic rings. The van der Waals surface area contributed by atoms with Gasteiger partial charge in [0, 0.05) is 28.2 Å². The highest BCUT2D eigenvalue weighted by molar-refractivity contribution is 8.14. The summed E-state index contributed by atoms with van der Waals surface area (Å²) in [5.74, 6) is -3.33. The summed E-state index contributed by atoms with van der Waals surface area (Å²) in [6.07, 6.45) is -1.08. The molecule has 0 bridgehead atoms. The molecule has 0 saturated heterocycles. The Kier molecular flexibility index (Phi) is 8.52. The Morgan fingerprint density at radius 1 is 1.09 bits per heavy atom. The highest BCUT2D eigenvalue weighted by atomic mass is 32.2. The molecule has 4 aliphatic carbocycles. The van der Waals surface area contributed by atoms with Crippen LogP contribution in [0.5, 0.6) is 0 Å². The predicted molar refractivity (Wildman–Crippen MR) is 166 cm³/mol. The molecule has 244 valence electrons. The van der Waals surface area contributed by atoms with E-state index < -0.39 is 69.2 Å². The number of benzene rings is 1. The molecule has 0 aromatic heterocycles. The topological polar surface area (TPSA) is 107 Å². The number of thioether (sulfide) groups is 1. The van der Waals surface area contributed by atoms with Crippen molar-refractivity contribution in [2.24, 2.45) is 28.6 Å². The van der Waals surface area contributed by atoms with E-state index >= 15 is 8.78 Å². The van der Waals surface area contributed by atoms with Gasteiger partial charge >= 0.3 is 6.16 Å². The quantitative estimate of drug-likeness (QED) is 0.275. The molecule has 5 rings (SSSR count). The zero-order chi connectivity index (χ0) is 33.3. The number of carbonyl (C=O) groups excluding carboxylic acids is 4. The minimum atomic E-state index is -2.35. The molecule has 4 aliphatic rings. The van der Waals surface area contributed by atoms with Crippen LogP contribution in [0.3, 0.4) is 0 Å². The highest BCUT2D eigenvalue weighted by Gasteiger charge is 2.78. The average Bonchev–Trinajstić information content (AvgIpc) is 3.16. The summed E-state index contributed by atoms with van der Waals surface area (Å²) in [4.78, 5) is 53.0. The Morgan fingerprint density at radius 3 is 2.36 bits per heavy atom. The molecule has 1 N–H and O–H groups in total. The molecule has 0 radical (unpaired) electrons. The number of allylic oxidation sites excluding steroid dienone is 4. The second-order valence-corrected chi connectivity index (χ2v) is 14.7. The summed E-state index contributed by atoms with van der Waals surface area (Å²) in [6, 6.07) is 3.80. The highest BCUT2D eigenvalue weighted by Crippen LogP contribution is 2.72. The molecule has 7 nitrogen and oxygen atoms in total. The Hall–Kier alpha value is -2.85. The lowest BCUT2D eigenvalue weighted by Gasteiger charge is -2.63. The van der Waals surface area contributed by atoms with Gasteiger partial charge in [-0.1, -0.05) is 49.4 Å². The summed E-state index contributed by atoms with van der Waals surface area (Å²) >= 11 is 0.735. The normalized spacial score (nSPS) is 38.5. The molecule has 9 atom stereocenters. The largest absolute Gasteiger partial charge is 0.509 e. The third-order valence-corrected chi connectivity index (χ3v) is 12.2. The van der Waals surface area contributed by atoms with E-state index in [2.05, 4.69) is 0 Å². The summed E-state index contributed by atoms with van der Waals surface area (Å²) in [6.45, 7) is 12.1. The SMILES string of the molecule is CCOC(=O)O[C@]1(C(=O)SCC(=O)c2c(C)cc(C)cc2C)[C@H](C)C[C@H]2[C@@H]3C[C@H](F)C4=CC(=O)C=C[C@]4(C)[C@@]3(F)[C@@H](O)C[C@@]21C. The lowest BCUT2D eigenvalue weighted by molar-refractivity contribution is -0.223. The van der Waals surface area contributed by atoms with Crippen LogP contribution in [0.1, 0.15) is 74.0 Å². The van der Waals surface area contributed by atoms with E-state index in [9.17, 15) is 24.3 Å². The number of hydrogen-bond donors (Lipinski definition) is 1. The van der Waals surface area contributed by atoms with E-state index in [1.165, 1.54) is 19.1 Å². The number of hydrogen-bond acceptors (Lipinski definition) is 8. The fourth-order valence-electron chi connectivity index (χ4n) is 9.43. The van der Waals surface area contributed by atoms with Gasteiger partial charge in [0.25, 0.3) is 0 Å². The number of carbonyl (C=O) groups is 4. The third kappa shape index (κ3) is 4.76. The maximum absolute atomic E-state index is 17.7. The van der Waals surface area contributed by atoms with Crippen LogP contribution in [0, 0.1) is 49.4 Å². The minimum absolute atomic E-state index is 0.00308. The first-order valence-corrected chi connectivity index (χ1v) is 16.6. The monoisotopic (exact) mass is 644 g/mol. The van der Waals surface area contributed by atoms with Gasteiger partial charge in [-0.2, -0.15) is 0 Å². The molecule has 45 heavy (non-hydrogen) atoms. The lowest BCUT2D eigenvalue weighted by atomic mass is 9.44. The Labute approximate surface area is 267 Å². The van der Waals surface area contributed by atoms with Crippen LogP contribution in [0.25, 0.3) is 0 Å². The van der Waals surface area contributed by atoms with Gasteiger partial charge in [-0.05, 0) is 88.7 Å². The van der Waals surface area contributed by atoms with Crippen LogP contribution >= 0.6 is 11.8 Å². The second kappa shape index (κ2) is 11.4. The molecule has 0 amide bonds. The molecule has 0 spiro atoms. The van der Waals surface area contributed by atoms with Crippen molar-refractivity contribution in [2.75, 3.05) is 12.4 Å². The van der Waals surface area contributed by atoms with Crippen LogP contribution in [0.2, 0.25) is 0 Å². The maximum Gasteiger partial charge on any atom is 0.509 e. The van der Waals surface area contributed by atoms with Crippen LogP contribution in [-0.4, -0.2) is 63.8 Å². The van der Waals surface area contributed by atoms with E-state index in [0.717, 1.165) is 34.5 Å². The Bertz CT molecular complexity index is 1500. The van der Waals surface area contributed by atoms with Crippen LogP contribution in [0.15, 0.2) is 35.9 Å². The summed E-state index contributed by atoms with van der Waals surface area (Å²) in [7, 11) is 0. The average molecular weight is 645 g/mol. The van der Waals surface area contributed by atoms with Crippen LogP contribution < -0.4 is 0 Å². The van der Waals surface area contributed by atoms with Crippen molar-refractivity contribution in [1.82, 2.24) is 0 Å². The van der Waals surface area contributed by atoms with Crippen molar-refractivity contribution >= 4 is 34.6 Å². The number of aliphatic hydroxyl groups excluding tert-OH is 1. The fraction of sp³-hybridized carbons (Fsp3) is 0.600. The van der Waals surface area contributed by atoms with Gasteiger partial charge in [-0.25, -0.2) is 13.6 Å². The first kappa shape index (κ1) is 33.5. The standard InChI is InChI=1S/C35H42F2O7S/c1-8-43-31(42)44-35(30(41)45-17-27(39)29-19(3)11-18(2)12-20(29)4)21(5)13-23-24-15-26(36)25-14-22(38)9-10-32(25,6)34(24,37)28(40)16-33(23,35)7/h9-12,14,21,23-24,26,28,40H,8,13,15-17H2,1-7H3/t21-,23+,24+,26+,28+,32+,33+,34+,35+/m1/s1. The van der Waals surface area contributed by atoms with Crippen LogP contribution in [-0.2, 0) is 19.1 Å². The molecular formula is C35H42F2O7S. The Balaban J connectivity index is 1.55. The lowest BCUT2D eigenvalue weighted by Crippen LogP contribution is -2.70. The van der Waals surface area contributed by atoms with Crippen molar-refractivity contribution in [3.05, 3.63) is 58.2 Å². The van der Waals surface area contributed by atoms with E-state index in [4.69, 9.17) is 9.47 Å². The molecule has 0 heterocycles. The van der Waals surface area contributed by atoms with Crippen LogP contribution in [0.4, 0.5) is 13.6 Å². The zero-order valence-electron chi connectivity index (χ0n) is 26.9. The molecule has 1 aromatic carbocycles. The number of alkyl halides is 2. The van der Waals surface area contributed by atoms with Crippen molar-refractivity contribution in [3.8, 4) is 0 Å². The predicted octanol–water partition coefficient (Wildman–Crippen LogP) is 6.53. The summed E-state index contributed by atoms with van der Waals surface area (Å²) in [5, 5.41) is 11.1. The summed E-state index contributed by atoms with van der Waals surface area (Å²) in [5.41, 5.74) is -4.05. The maximum atomic E-state index is 17.7. The van der Waals surface area contributed by atoms with E-state index in [1.54, 1.807) is 20.8 Å². The molecule has 0 aliphatic heterocycles. The second-order valence-electron chi connectivity index (χ2n) is 13.8. The van der Waals surface area contributed by atoms with Gasteiger partial charge in [0.2, 0.25) is 5.12 Å². The number of ketones is 2. The minimum Gasteiger partial charge on any atom is -0.435 e. The van der Waals surface area contributed by atoms with E-state index in [-0.39, 0.29) is 43.0 Å². The smallest absolute Gasteiger partial charge is 0.435 e. The number of aryl methyl sites for hydroxylation is 3. The third-order valence-electron chi connectivity index (χ3n) is 11.3.